The van der Waals surface area contributed by atoms with Gasteiger partial charge in [0.05, 0.1) is 28.2 Å². The Labute approximate surface area is 189 Å². The quantitative estimate of drug-likeness (QED) is 0.449. The summed E-state index contributed by atoms with van der Waals surface area (Å²) in [5.74, 6) is -0.290. The Balaban J connectivity index is 1.58. The fourth-order valence-corrected chi connectivity index (χ4v) is 4.01. The first kappa shape index (κ1) is 20.0. The Bertz CT molecular complexity index is 1490. The predicted molar refractivity (Wildman–Crippen MR) is 129 cm³/mol. The molecule has 0 unspecified atom stereocenters. The minimum Gasteiger partial charge on any atom is -0.295 e. The highest BCUT2D eigenvalue weighted by Crippen LogP contribution is 2.27. The van der Waals surface area contributed by atoms with E-state index >= 15 is 0 Å². The lowest BCUT2D eigenvalue weighted by Crippen LogP contribution is -2.22. The average Bonchev–Trinajstić information content (AvgIpc) is 3.24. The number of rotatable bonds is 3. The third kappa shape index (κ3) is 3.25. The lowest BCUT2D eigenvalue weighted by molar-refractivity contribution is -0.114. The van der Waals surface area contributed by atoms with Gasteiger partial charge in [0.1, 0.15) is 0 Å². The number of anilines is 1. The van der Waals surface area contributed by atoms with Crippen molar-refractivity contribution < 1.29 is 4.79 Å². The molecule has 7 heteroatoms. The van der Waals surface area contributed by atoms with Crippen LogP contribution >= 0.6 is 11.6 Å². The van der Waals surface area contributed by atoms with Crippen LogP contribution in [0.3, 0.4) is 0 Å². The Morgan fingerprint density at radius 1 is 0.938 bits per heavy atom. The van der Waals surface area contributed by atoms with Gasteiger partial charge in [0.2, 0.25) is 0 Å². The van der Waals surface area contributed by atoms with Crippen molar-refractivity contribution in [2.24, 2.45) is 5.10 Å². The highest BCUT2D eigenvalue weighted by Gasteiger charge is 2.29. The summed E-state index contributed by atoms with van der Waals surface area (Å²) in [4.78, 5) is 26.4. The zero-order valence-corrected chi connectivity index (χ0v) is 18.2. The first-order chi connectivity index (χ1) is 15.4. The van der Waals surface area contributed by atoms with Crippen molar-refractivity contribution in [2.45, 2.75) is 13.8 Å². The van der Waals surface area contributed by atoms with Crippen LogP contribution in [0.1, 0.15) is 18.2 Å². The van der Waals surface area contributed by atoms with Crippen LogP contribution in [0.15, 0.2) is 82.2 Å². The van der Waals surface area contributed by atoms with Crippen molar-refractivity contribution in [3.05, 3.63) is 98.9 Å². The summed E-state index contributed by atoms with van der Waals surface area (Å²) in [7, 11) is 0. The normalized spacial score (nSPS) is 15.1. The van der Waals surface area contributed by atoms with Gasteiger partial charge in [0.25, 0.3) is 11.5 Å². The van der Waals surface area contributed by atoms with Gasteiger partial charge in [-0.25, -0.2) is 4.68 Å². The van der Waals surface area contributed by atoms with Crippen LogP contribution in [-0.2, 0) is 4.79 Å². The van der Waals surface area contributed by atoms with Crippen molar-refractivity contribution >= 4 is 45.8 Å². The van der Waals surface area contributed by atoms with Crippen LogP contribution < -0.4 is 10.6 Å². The van der Waals surface area contributed by atoms with Gasteiger partial charge < -0.3 is 0 Å². The third-order valence-electron chi connectivity index (χ3n) is 5.55. The summed E-state index contributed by atoms with van der Waals surface area (Å²) < 4.78 is 1.52. The van der Waals surface area contributed by atoms with E-state index in [1.165, 1.54) is 9.69 Å². The smallest absolute Gasteiger partial charge is 0.280 e. The van der Waals surface area contributed by atoms with E-state index in [2.05, 4.69) is 10.2 Å². The molecule has 0 bridgehead atoms. The van der Waals surface area contributed by atoms with Gasteiger partial charge in [-0.15, -0.1) is 0 Å². The number of hydrogen-bond donors (Lipinski definition) is 1. The van der Waals surface area contributed by atoms with Crippen molar-refractivity contribution in [2.75, 3.05) is 5.01 Å². The highest BCUT2D eigenvalue weighted by molar-refractivity contribution is 6.32. The maximum absolute atomic E-state index is 13.3. The number of hydrogen-bond acceptors (Lipinski definition) is 3. The molecule has 1 aliphatic rings. The second-order valence-electron chi connectivity index (χ2n) is 7.63. The number of nitrogens with zero attached hydrogens (tertiary/aromatic N) is 3. The summed E-state index contributed by atoms with van der Waals surface area (Å²) in [6, 6.07) is 20.6. The number of fused-ring (bicyclic) bond motifs is 1. The Hall–Kier alpha value is -3.90. The summed E-state index contributed by atoms with van der Waals surface area (Å²) in [6.07, 6.45) is 1.62. The Morgan fingerprint density at radius 2 is 1.66 bits per heavy atom. The van der Waals surface area contributed by atoms with Crippen LogP contribution in [0.4, 0.5) is 5.69 Å². The molecule has 0 spiro atoms. The van der Waals surface area contributed by atoms with E-state index in [0.717, 1.165) is 16.5 Å². The van der Waals surface area contributed by atoms with Gasteiger partial charge >= 0.3 is 0 Å². The second-order valence-corrected chi connectivity index (χ2v) is 8.06. The van der Waals surface area contributed by atoms with E-state index in [0.29, 0.717) is 33.3 Å². The zero-order chi connectivity index (χ0) is 22.4. The van der Waals surface area contributed by atoms with E-state index in [4.69, 9.17) is 11.6 Å². The number of nitrogens with one attached hydrogen (secondary N) is 1. The molecule has 0 radical (unpaired) electrons. The molecule has 6 nitrogen and oxygen atoms in total. The number of aryl methyl sites for hydroxylation is 1. The van der Waals surface area contributed by atoms with Crippen molar-refractivity contribution in [3.63, 3.8) is 0 Å². The molecule has 2 heterocycles. The molecule has 0 atom stereocenters. The molecule has 158 valence electrons. The van der Waals surface area contributed by atoms with Crippen LogP contribution in [0.2, 0.25) is 5.02 Å². The molecule has 1 N–H and O–H groups in total. The SMILES string of the molecule is CC1=NN(c2ccc(Cl)cc2)C(=O)C1=Cc1c(C)[nH]n(-c2cccc3ccccc23)c1=O. The highest BCUT2D eigenvalue weighted by atomic mass is 35.5. The zero-order valence-electron chi connectivity index (χ0n) is 17.5. The number of hydrazone groups is 1. The van der Waals surface area contributed by atoms with Crippen molar-refractivity contribution in [1.29, 1.82) is 0 Å². The van der Waals surface area contributed by atoms with Crippen LogP contribution in [0.25, 0.3) is 22.5 Å². The first-order valence-corrected chi connectivity index (χ1v) is 10.5. The molecular weight excluding hydrogens is 424 g/mol. The number of aromatic amines is 1. The van der Waals surface area contributed by atoms with Crippen molar-refractivity contribution in [3.8, 4) is 5.69 Å². The maximum Gasteiger partial charge on any atom is 0.280 e. The summed E-state index contributed by atoms with van der Waals surface area (Å²) >= 11 is 5.95. The maximum atomic E-state index is 13.3. The van der Waals surface area contributed by atoms with Crippen LogP contribution in [0, 0.1) is 6.92 Å². The molecule has 1 aliphatic heterocycles. The Kier molecular flexibility index (Phi) is 4.79. The number of H-pyrrole nitrogens is 1. The summed E-state index contributed by atoms with van der Waals surface area (Å²) in [5, 5.41) is 11.4. The lowest BCUT2D eigenvalue weighted by Gasteiger charge is -2.11. The lowest BCUT2D eigenvalue weighted by atomic mass is 10.1. The molecule has 3 aromatic carbocycles. The fourth-order valence-electron chi connectivity index (χ4n) is 3.89. The molecule has 0 saturated heterocycles. The largest absolute Gasteiger partial charge is 0.295 e. The molecule has 32 heavy (non-hydrogen) atoms. The first-order valence-electron chi connectivity index (χ1n) is 10.1. The fraction of sp³-hybridized carbons (Fsp3) is 0.0800. The molecule has 0 aliphatic carbocycles. The van der Waals surface area contributed by atoms with Gasteiger partial charge in [-0.2, -0.15) is 10.1 Å². The van der Waals surface area contributed by atoms with E-state index in [1.807, 2.05) is 49.4 Å². The minimum absolute atomic E-state index is 0.225. The van der Waals surface area contributed by atoms with Crippen molar-refractivity contribution in [1.82, 2.24) is 9.78 Å². The number of aromatic nitrogens is 2. The second kappa shape index (κ2) is 7.66. The molecule has 4 aromatic rings. The third-order valence-corrected chi connectivity index (χ3v) is 5.80. The van der Waals surface area contributed by atoms with E-state index in [9.17, 15) is 9.59 Å². The van der Waals surface area contributed by atoms with Gasteiger partial charge in [0, 0.05) is 16.1 Å². The molecule has 5 rings (SSSR count). The molecule has 1 amide bonds. The van der Waals surface area contributed by atoms with E-state index in [1.54, 1.807) is 37.3 Å². The number of carbonyl (C=O) groups excluding carboxylic acids is 1. The predicted octanol–water partition coefficient (Wildman–Crippen LogP) is 5.09. The average molecular weight is 443 g/mol. The minimum atomic E-state index is -0.290. The van der Waals surface area contributed by atoms with Gasteiger partial charge in [-0.05, 0) is 55.6 Å². The Morgan fingerprint density at radius 3 is 2.44 bits per heavy atom. The molecule has 0 fully saturated rings. The molecule has 1 aromatic heterocycles. The van der Waals surface area contributed by atoms with Gasteiger partial charge in [0.15, 0.2) is 0 Å². The van der Waals surface area contributed by atoms with Crippen LogP contribution in [0.5, 0.6) is 0 Å². The van der Waals surface area contributed by atoms with Gasteiger partial charge in [-0.3, -0.25) is 14.7 Å². The van der Waals surface area contributed by atoms with Crippen LogP contribution in [-0.4, -0.2) is 21.4 Å². The topological polar surface area (TPSA) is 70.5 Å². The number of amides is 1. The monoisotopic (exact) mass is 442 g/mol. The standard InChI is InChI=1S/C25H19ClN4O2/c1-15-21(24(31)29(27-15)19-12-10-18(26)11-13-19)14-22-16(2)28-30(25(22)32)23-9-5-7-17-6-3-4-8-20(17)23/h3-14,28H,1-2H3. The summed E-state index contributed by atoms with van der Waals surface area (Å²) in [6.45, 7) is 3.57. The molecular formula is C25H19ClN4O2. The molecule has 0 saturated carbocycles. The van der Waals surface area contributed by atoms with E-state index < -0.39 is 0 Å². The van der Waals surface area contributed by atoms with E-state index in [-0.39, 0.29) is 11.5 Å². The number of benzene rings is 3. The summed E-state index contributed by atoms with van der Waals surface area (Å²) in [5.41, 5.74) is 3.16. The number of carbonyl (C=O) groups is 1. The van der Waals surface area contributed by atoms with Gasteiger partial charge in [-0.1, -0.05) is 48.0 Å². The number of halogens is 1.